The molecule has 2 N–H and O–H groups in total. The monoisotopic (exact) mass is 388 g/mol. The van der Waals surface area contributed by atoms with E-state index in [0.29, 0.717) is 22.8 Å². The third-order valence-electron chi connectivity index (χ3n) is 4.71. The quantitative estimate of drug-likeness (QED) is 0.353. The van der Waals surface area contributed by atoms with E-state index in [1.807, 2.05) is 30.3 Å². The highest BCUT2D eigenvalue weighted by Gasteiger charge is 2.34. The first-order valence-corrected chi connectivity index (χ1v) is 8.60. The van der Waals surface area contributed by atoms with Crippen LogP contribution in [0.15, 0.2) is 59.4 Å². The van der Waals surface area contributed by atoms with Crippen molar-refractivity contribution in [1.82, 2.24) is 30.4 Å². The minimum atomic E-state index is -0.540. The number of H-pyrrole nitrogens is 1. The third kappa shape index (κ3) is 2.64. The number of benzene rings is 2. The van der Waals surface area contributed by atoms with Gasteiger partial charge >= 0.3 is 0 Å². The molecule has 5 rings (SSSR count). The van der Waals surface area contributed by atoms with Gasteiger partial charge in [-0.2, -0.15) is 9.78 Å². The summed E-state index contributed by atoms with van der Waals surface area (Å²) >= 11 is 0. The van der Waals surface area contributed by atoms with Crippen molar-refractivity contribution in [3.63, 3.8) is 0 Å². The molecule has 0 unspecified atom stereocenters. The van der Waals surface area contributed by atoms with Gasteiger partial charge in [0.15, 0.2) is 0 Å². The van der Waals surface area contributed by atoms with Crippen LogP contribution in [0.25, 0.3) is 11.3 Å². The Kier molecular flexibility index (Phi) is 3.66. The first-order valence-electron chi connectivity index (χ1n) is 8.60. The van der Waals surface area contributed by atoms with Crippen LogP contribution in [0.2, 0.25) is 0 Å². The van der Waals surface area contributed by atoms with Crippen molar-refractivity contribution in [2.24, 2.45) is 0 Å². The fourth-order valence-corrected chi connectivity index (χ4v) is 3.47. The number of aromatic amines is 1. The molecule has 0 spiro atoms. The highest BCUT2D eigenvalue weighted by Crippen LogP contribution is 2.41. The van der Waals surface area contributed by atoms with Crippen molar-refractivity contribution < 1.29 is 4.92 Å². The molecule has 2 aromatic heterocycles. The molecule has 4 aromatic rings. The molecule has 29 heavy (non-hydrogen) atoms. The van der Waals surface area contributed by atoms with Crippen LogP contribution in [0, 0.1) is 10.1 Å². The van der Waals surface area contributed by atoms with E-state index in [1.54, 1.807) is 16.8 Å². The van der Waals surface area contributed by atoms with E-state index in [9.17, 15) is 14.9 Å². The molecule has 142 valence electrons. The first-order chi connectivity index (χ1) is 14.1. The minimum absolute atomic E-state index is 0.0765. The lowest BCUT2D eigenvalue weighted by atomic mass is 9.92. The number of hydrogen-bond donors (Lipinski definition) is 2. The second-order valence-electron chi connectivity index (χ2n) is 6.38. The Morgan fingerprint density at radius 3 is 2.72 bits per heavy atom. The van der Waals surface area contributed by atoms with Gasteiger partial charge in [-0.3, -0.25) is 14.9 Å². The zero-order chi connectivity index (χ0) is 20.0. The first kappa shape index (κ1) is 16.7. The van der Waals surface area contributed by atoms with Crippen molar-refractivity contribution in [3.8, 4) is 11.3 Å². The Labute approximate surface area is 162 Å². The fraction of sp³-hybridized carbons (Fsp3) is 0.0556. The molecule has 0 amide bonds. The van der Waals surface area contributed by atoms with E-state index in [1.165, 1.54) is 12.1 Å². The van der Waals surface area contributed by atoms with Gasteiger partial charge < -0.3 is 5.32 Å². The number of rotatable bonds is 3. The second kappa shape index (κ2) is 6.34. The zero-order valence-corrected chi connectivity index (χ0v) is 14.7. The van der Waals surface area contributed by atoms with Gasteiger partial charge in [-0.1, -0.05) is 47.6 Å². The molecule has 0 bridgehead atoms. The van der Waals surface area contributed by atoms with Crippen LogP contribution in [0.1, 0.15) is 17.2 Å². The predicted octanol–water partition coefficient (Wildman–Crippen LogP) is 2.03. The Morgan fingerprint density at radius 2 is 1.93 bits per heavy atom. The zero-order valence-electron chi connectivity index (χ0n) is 14.7. The molecule has 0 radical (unpaired) electrons. The molecule has 11 heteroatoms. The van der Waals surface area contributed by atoms with Crippen molar-refractivity contribution >= 4 is 17.3 Å². The molecular weight excluding hydrogens is 376 g/mol. The number of non-ortho nitro benzene ring substituents is 1. The van der Waals surface area contributed by atoms with Crippen molar-refractivity contribution in [1.29, 1.82) is 0 Å². The number of nitro benzene ring substituents is 1. The topological polar surface area (TPSA) is 145 Å². The van der Waals surface area contributed by atoms with Crippen LogP contribution in [0.4, 0.5) is 17.3 Å². The van der Waals surface area contributed by atoms with E-state index in [2.05, 4.69) is 31.0 Å². The standard InChI is InChI=1S/C18H12N8O3/c27-17-15-13(14(20-21-17)11-7-4-8-12(9-11)26(28)29)16(10-5-2-1-3-6-10)25-18(19-15)22-23-24-25/h1-9,16H,(H,21,27)(H,19,22,24)/t16-/m0/s1. The maximum Gasteiger partial charge on any atom is 0.288 e. The Morgan fingerprint density at radius 1 is 1.10 bits per heavy atom. The summed E-state index contributed by atoms with van der Waals surface area (Å²) in [6.07, 6.45) is 0. The molecule has 1 aliphatic rings. The van der Waals surface area contributed by atoms with Crippen LogP contribution in [0.3, 0.4) is 0 Å². The van der Waals surface area contributed by atoms with E-state index < -0.39 is 16.5 Å². The molecule has 1 aliphatic heterocycles. The lowest BCUT2D eigenvalue weighted by molar-refractivity contribution is -0.384. The van der Waals surface area contributed by atoms with E-state index in [0.717, 1.165) is 5.56 Å². The fourth-order valence-electron chi connectivity index (χ4n) is 3.47. The van der Waals surface area contributed by atoms with E-state index >= 15 is 0 Å². The molecule has 1 atom stereocenters. The van der Waals surface area contributed by atoms with Crippen LogP contribution < -0.4 is 10.9 Å². The number of nitrogens with one attached hydrogen (secondary N) is 2. The van der Waals surface area contributed by atoms with Crippen LogP contribution in [-0.4, -0.2) is 35.3 Å². The molecule has 0 saturated carbocycles. The number of aromatic nitrogens is 6. The minimum Gasteiger partial charge on any atom is -0.318 e. The summed E-state index contributed by atoms with van der Waals surface area (Å²) in [7, 11) is 0. The maximum absolute atomic E-state index is 12.6. The van der Waals surface area contributed by atoms with Crippen molar-refractivity contribution in [2.75, 3.05) is 5.32 Å². The molecule has 11 nitrogen and oxygen atoms in total. The Bertz CT molecular complexity index is 1300. The van der Waals surface area contributed by atoms with Crippen LogP contribution >= 0.6 is 0 Å². The van der Waals surface area contributed by atoms with E-state index in [-0.39, 0.29) is 11.4 Å². The molecule has 3 heterocycles. The Hall–Kier alpha value is -4.41. The third-order valence-corrected chi connectivity index (χ3v) is 4.71. The average Bonchev–Trinajstić information content (AvgIpc) is 3.22. The lowest BCUT2D eigenvalue weighted by Crippen LogP contribution is -2.29. The number of nitrogens with zero attached hydrogens (tertiary/aromatic N) is 6. The molecule has 2 aromatic carbocycles. The number of hydrogen-bond acceptors (Lipinski definition) is 8. The SMILES string of the molecule is O=c1[nH]nc(-c2cccc([N+](=O)[O-])c2)c2c1Nc1nnnn1[C@H]2c1ccccc1. The smallest absolute Gasteiger partial charge is 0.288 e. The normalized spacial score (nSPS) is 14.6. The van der Waals surface area contributed by atoms with Crippen molar-refractivity contribution in [3.05, 3.63) is 86.2 Å². The summed E-state index contributed by atoms with van der Waals surface area (Å²) < 4.78 is 1.56. The summed E-state index contributed by atoms with van der Waals surface area (Å²) in [5.41, 5.74) is 1.98. The summed E-state index contributed by atoms with van der Waals surface area (Å²) in [4.78, 5) is 23.3. The summed E-state index contributed by atoms with van der Waals surface area (Å²) in [5, 5.41) is 32.6. The van der Waals surface area contributed by atoms with Gasteiger partial charge in [0.2, 0.25) is 5.95 Å². The molecule has 0 saturated heterocycles. The van der Waals surface area contributed by atoms with E-state index in [4.69, 9.17) is 0 Å². The predicted molar refractivity (Wildman–Crippen MR) is 102 cm³/mol. The van der Waals surface area contributed by atoms with Crippen LogP contribution in [0.5, 0.6) is 0 Å². The Balaban J connectivity index is 1.81. The van der Waals surface area contributed by atoms with Gasteiger partial charge in [0.05, 0.1) is 10.6 Å². The van der Waals surface area contributed by atoms with Gasteiger partial charge in [0.25, 0.3) is 11.2 Å². The van der Waals surface area contributed by atoms with Gasteiger partial charge in [-0.05, 0) is 16.0 Å². The van der Waals surface area contributed by atoms with Gasteiger partial charge in [0, 0.05) is 23.3 Å². The molecule has 0 aliphatic carbocycles. The number of fused-ring (bicyclic) bond motifs is 2. The summed E-state index contributed by atoms with van der Waals surface area (Å²) in [5.74, 6) is 0.313. The van der Waals surface area contributed by atoms with Crippen LogP contribution in [-0.2, 0) is 0 Å². The summed E-state index contributed by atoms with van der Waals surface area (Å²) in [6.45, 7) is 0. The van der Waals surface area contributed by atoms with Crippen molar-refractivity contribution in [2.45, 2.75) is 6.04 Å². The number of nitro groups is 1. The highest BCUT2D eigenvalue weighted by molar-refractivity contribution is 5.76. The number of tetrazole rings is 1. The maximum atomic E-state index is 12.6. The highest BCUT2D eigenvalue weighted by atomic mass is 16.6. The lowest BCUT2D eigenvalue weighted by Gasteiger charge is -2.27. The largest absolute Gasteiger partial charge is 0.318 e. The van der Waals surface area contributed by atoms with Gasteiger partial charge in [-0.25, -0.2) is 5.10 Å². The average molecular weight is 388 g/mol. The van der Waals surface area contributed by atoms with Gasteiger partial charge in [-0.15, -0.1) is 0 Å². The number of anilines is 2. The van der Waals surface area contributed by atoms with Gasteiger partial charge in [0.1, 0.15) is 11.7 Å². The molecule has 0 fully saturated rings. The summed E-state index contributed by atoms with van der Waals surface area (Å²) in [6, 6.07) is 14.9. The molecular formula is C18H12N8O3. The second-order valence-corrected chi connectivity index (χ2v) is 6.38.